The summed E-state index contributed by atoms with van der Waals surface area (Å²) in [5.74, 6) is 0. The normalized spacial score (nSPS) is 12.8. The van der Waals surface area contributed by atoms with Crippen molar-refractivity contribution in [2.24, 2.45) is 0 Å². The van der Waals surface area contributed by atoms with Gasteiger partial charge in [0.05, 0.1) is 6.10 Å². The molecule has 0 rings (SSSR count). The van der Waals surface area contributed by atoms with E-state index in [-0.39, 0.29) is 6.10 Å². The molecule has 0 aromatic rings. The van der Waals surface area contributed by atoms with E-state index < -0.39 is 0 Å². The van der Waals surface area contributed by atoms with Gasteiger partial charge in [-0.3, -0.25) is 5.26 Å². The molecule has 0 aromatic carbocycles. The molecule has 0 amide bonds. The summed E-state index contributed by atoms with van der Waals surface area (Å²) >= 11 is 0. The predicted octanol–water partition coefficient (Wildman–Crippen LogP) is 6.74. The molecule has 0 aliphatic rings. The molecule has 0 spiro atoms. The van der Waals surface area contributed by atoms with Crippen molar-refractivity contribution in [1.82, 2.24) is 0 Å². The van der Waals surface area contributed by atoms with E-state index in [1.54, 1.807) is 0 Å². The Hall–Kier alpha value is -0.0800. The fraction of sp³-hybridized carbons (Fsp3) is 1.00. The third-order valence-electron chi connectivity index (χ3n) is 4.14. The van der Waals surface area contributed by atoms with Gasteiger partial charge in [-0.25, -0.2) is 4.89 Å². The van der Waals surface area contributed by atoms with Gasteiger partial charge >= 0.3 is 0 Å². The third kappa shape index (κ3) is 14.3. The first kappa shape index (κ1) is 19.9. The zero-order valence-electron chi connectivity index (χ0n) is 14.0. The second kappa shape index (κ2) is 17.0. The van der Waals surface area contributed by atoms with Crippen LogP contribution < -0.4 is 0 Å². The Morgan fingerprint density at radius 1 is 0.600 bits per heavy atom. The van der Waals surface area contributed by atoms with Gasteiger partial charge in [-0.2, -0.15) is 0 Å². The maximum Gasteiger partial charge on any atom is 0.0927 e. The lowest BCUT2D eigenvalue weighted by Gasteiger charge is -2.11. The van der Waals surface area contributed by atoms with Gasteiger partial charge in [-0.1, -0.05) is 97.3 Å². The van der Waals surface area contributed by atoms with Gasteiger partial charge in [-0.15, -0.1) is 0 Å². The number of unbranched alkanes of at least 4 members (excludes halogenated alkanes) is 11. The molecule has 1 unspecified atom stereocenters. The summed E-state index contributed by atoms with van der Waals surface area (Å²) in [4.78, 5) is 4.49. The molecular formula is C18H38O2. The van der Waals surface area contributed by atoms with Crippen LogP contribution in [0.5, 0.6) is 0 Å². The van der Waals surface area contributed by atoms with Crippen LogP contribution in [0.2, 0.25) is 0 Å². The summed E-state index contributed by atoms with van der Waals surface area (Å²) in [5.41, 5.74) is 0. The summed E-state index contributed by atoms with van der Waals surface area (Å²) in [6, 6.07) is 0. The van der Waals surface area contributed by atoms with Gasteiger partial charge in [0.2, 0.25) is 0 Å². The largest absolute Gasteiger partial charge is 0.252 e. The Morgan fingerprint density at radius 2 is 1.05 bits per heavy atom. The number of rotatable bonds is 16. The van der Waals surface area contributed by atoms with Crippen LogP contribution in [0.4, 0.5) is 0 Å². The van der Waals surface area contributed by atoms with Crippen LogP contribution in [0.15, 0.2) is 0 Å². The fourth-order valence-corrected chi connectivity index (χ4v) is 2.78. The van der Waals surface area contributed by atoms with Crippen molar-refractivity contribution in [3.8, 4) is 0 Å². The van der Waals surface area contributed by atoms with Gasteiger partial charge in [0.15, 0.2) is 0 Å². The molecule has 1 atom stereocenters. The second-order valence-electron chi connectivity index (χ2n) is 6.19. The summed E-state index contributed by atoms with van der Waals surface area (Å²) in [6.07, 6.45) is 19.7. The lowest BCUT2D eigenvalue weighted by Crippen LogP contribution is -2.09. The SMILES string of the molecule is CCCCCCCCCCCCCCC(CCC)OO. The molecular weight excluding hydrogens is 248 g/mol. The van der Waals surface area contributed by atoms with E-state index in [0.29, 0.717) is 0 Å². The van der Waals surface area contributed by atoms with Crippen LogP contribution in [0, 0.1) is 0 Å². The van der Waals surface area contributed by atoms with Crippen molar-refractivity contribution in [2.75, 3.05) is 0 Å². The molecule has 2 nitrogen and oxygen atoms in total. The summed E-state index contributed by atoms with van der Waals surface area (Å²) in [6.45, 7) is 4.41. The first-order valence-corrected chi connectivity index (χ1v) is 9.15. The molecule has 0 aliphatic heterocycles. The Bertz CT molecular complexity index is 171. The summed E-state index contributed by atoms with van der Waals surface area (Å²) < 4.78 is 0. The van der Waals surface area contributed by atoms with Crippen LogP contribution in [-0.2, 0) is 4.89 Å². The molecule has 0 saturated carbocycles. The highest BCUT2D eigenvalue weighted by atomic mass is 17.1. The van der Waals surface area contributed by atoms with Crippen LogP contribution in [0.1, 0.15) is 110 Å². The molecule has 0 saturated heterocycles. The fourth-order valence-electron chi connectivity index (χ4n) is 2.78. The molecule has 0 aromatic heterocycles. The monoisotopic (exact) mass is 286 g/mol. The molecule has 122 valence electrons. The van der Waals surface area contributed by atoms with E-state index in [0.717, 1.165) is 19.3 Å². The zero-order chi connectivity index (χ0) is 14.9. The standard InChI is InChI=1S/C18H38O2/c1-3-5-6-7-8-9-10-11-12-13-14-15-17-18(20-19)16-4-2/h18-19H,3-17H2,1-2H3. The van der Waals surface area contributed by atoms with Gasteiger partial charge in [0.1, 0.15) is 0 Å². The van der Waals surface area contributed by atoms with Crippen LogP contribution in [-0.4, -0.2) is 11.4 Å². The Morgan fingerprint density at radius 3 is 1.45 bits per heavy atom. The second-order valence-corrected chi connectivity index (χ2v) is 6.19. The lowest BCUT2D eigenvalue weighted by atomic mass is 10.0. The van der Waals surface area contributed by atoms with Crippen molar-refractivity contribution < 1.29 is 10.1 Å². The van der Waals surface area contributed by atoms with Gasteiger partial charge in [0.25, 0.3) is 0 Å². The highest BCUT2D eigenvalue weighted by Gasteiger charge is 2.06. The topological polar surface area (TPSA) is 29.5 Å². The Kier molecular flexibility index (Phi) is 16.9. The maximum absolute atomic E-state index is 8.73. The van der Waals surface area contributed by atoms with E-state index in [2.05, 4.69) is 18.7 Å². The lowest BCUT2D eigenvalue weighted by molar-refractivity contribution is -0.281. The number of hydrogen-bond acceptors (Lipinski definition) is 2. The van der Waals surface area contributed by atoms with Crippen molar-refractivity contribution in [1.29, 1.82) is 0 Å². The third-order valence-corrected chi connectivity index (χ3v) is 4.14. The average molecular weight is 286 g/mol. The molecule has 0 bridgehead atoms. The summed E-state index contributed by atoms with van der Waals surface area (Å²) in [7, 11) is 0. The van der Waals surface area contributed by atoms with Crippen LogP contribution >= 0.6 is 0 Å². The highest BCUT2D eigenvalue weighted by molar-refractivity contribution is 4.56. The van der Waals surface area contributed by atoms with E-state index in [1.807, 2.05) is 0 Å². The van der Waals surface area contributed by atoms with E-state index in [1.165, 1.54) is 77.0 Å². The quantitative estimate of drug-likeness (QED) is 0.193. The molecule has 20 heavy (non-hydrogen) atoms. The van der Waals surface area contributed by atoms with Gasteiger partial charge in [-0.05, 0) is 12.8 Å². The molecule has 2 heteroatoms. The zero-order valence-corrected chi connectivity index (χ0v) is 14.0. The molecule has 0 aliphatic carbocycles. The van der Waals surface area contributed by atoms with E-state index in [9.17, 15) is 0 Å². The van der Waals surface area contributed by atoms with Gasteiger partial charge in [0, 0.05) is 0 Å². The minimum atomic E-state index is 0.0723. The van der Waals surface area contributed by atoms with Crippen molar-refractivity contribution in [3.63, 3.8) is 0 Å². The number of hydrogen-bond donors (Lipinski definition) is 1. The minimum Gasteiger partial charge on any atom is -0.252 e. The van der Waals surface area contributed by atoms with Crippen LogP contribution in [0.25, 0.3) is 0 Å². The summed E-state index contributed by atoms with van der Waals surface area (Å²) in [5, 5.41) is 8.73. The van der Waals surface area contributed by atoms with Crippen molar-refractivity contribution >= 4 is 0 Å². The van der Waals surface area contributed by atoms with Crippen molar-refractivity contribution in [3.05, 3.63) is 0 Å². The molecule has 0 fully saturated rings. The predicted molar refractivity (Wildman–Crippen MR) is 88.1 cm³/mol. The van der Waals surface area contributed by atoms with E-state index in [4.69, 9.17) is 5.26 Å². The maximum atomic E-state index is 8.73. The van der Waals surface area contributed by atoms with Crippen LogP contribution in [0.3, 0.4) is 0 Å². The smallest absolute Gasteiger partial charge is 0.0927 e. The minimum absolute atomic E-state index is 0.0723. The van der Waals surface area contributed by atoms with Crippen molar-refractivity contribution in [2.45, 2.75) is 116 Å². The first-order valence-electron chi connectivity index (χ1n) is 9.15. The Labute approximate surface area is 127 Å². The van der Waals surface area contributed by atoms with Gasteiger partial charge < -0.3 is 0 Å². The Balaban J connectivity index is 3.09. The molecule has 1 N–H and O–H groups in total. The molecule has 0 heterocycles. The average Bonchev–Trinajstić information content (AvgIpc) is 2.47. The molecule has 0 radical (unpaired) electrons. The first-order chi connectivity index (χ1) is 9.85. The highest BCUT2D eigenvalue weighted by Crippen LogP contribution is 2.14. The van der Waals surface area contributed by atoms with E-state index >= 15 is 0 Å².